The number of carbonyl (C=O) groups excluding carboxylic acids is 1. The SMILES string of the molecule is C=CCN(N=C1CCC(Cn2ccnc2C)C(=O)C1)c1ccccc1. The van der Waals surface area contributed by atoms with Gasteiger partial charge in [-0.2, -0.15) is 5.10 Å². The van der Waals surface area contributed by atoms with Gasteiger partial charge in [-0.25, -0.2) is 4.98 Å². The summed E-state index contributed by atoms with van der Waals surface area (Å²) in [4.78, 5) is 16.8. The van der Waals surface area contributed by atoms with E-state index in [2.05, 4.69) is 16.1 Å². The first-order valence-corrected chi connectivity index (χ1v) is 8.67. The molecule has 1 aromatic heterocycles. The van der Waals surface area contributed by atoms with Crippen molar-refractivity contribution < 1.29 is 4.79 Å². The molecule has 0 N–H and O–H groups in total. The molecule has 1 saturated carbocycles. The van der Waals surface area contributed by atoms with Crippen LogP contribution in [-0.4, -0.2) is 27.6 Å². The Bertz CT molecular complexity index is 763. The molecule has 25 heavy (non-hydrogen) atoms. The molecule has 0 bridgehead atoms. The first-order valence-electron chi connectivity index (χ1n) is 8.67. The third kappa shape index (κ3) is 4.24. The van der Waals surface area contributed by atoms with Gasteiger partial charge in [-0.3, -0.25) is 9.80 Å². The molecule has 5 nitrogen and oxygen atoms in total. The predicted molar refractivity (Wildman–Crippen MR) is 101 cm³/mol. The summed E-state index contributed by atoms with van der Waals surface area (Å²) < 4.78 is 2.05. The van der Waals surface area contributed by atoms with Gasteiger partial charge in [0.05, 0.1) is 12.2 Å². The number of ketones is 1. The van der Waals surface area contributed by atoms with Crippen molar-refractivity contribution in [3.63, 3.8) is 0 Å². The molecule has 0 spiro atoms. The summed E-state index contributed by atoms with van der Waals surface area (Å²) in [5.74, 6) is 1.27. The number of hydrogen-bond donors (Lipinski definition) is 0. The lowest BCUT2D eigenvalue weighted by Gasteiger charge is -2.25. The standard InChI is InChI=1S/C20H24N4O/c1-3-12-24(19-7-5-4-6-8-19)22-18-10-9-17(20(25)14-18)15-23-13-11-21-16(23)2/h3-8,11,13,17H,1,9-10,12,14-15H2,2H3. The van der Waals surface area contributed by atoms with Crippen molar-refractivity contribution in [3.05, 3.63) is 61.2 Å². The normalized spacial score (nSPS) is 19.2. The number of carbonyl (C=O) groups is 1. The zero-order valence-electron chi connectivity index (χ0n) is 14.6. The maximum absolute atomic E-state index is 12.6. The molecule has 1 heterocycles. The third-order valence-corrected chi connectivity index (χ3v) is 4.57. The lowest BCUT2D eigenvalue weighted by atomic mass is 9.86. The van der Waals surface area contributed by atoms with Crippen LogP contribution < -0.4 is 5.01 Å². The van der Waals surface area contributed by atoms with Crippen LogP contribution >= 0.6 is 0 Å². The van der Waals surface area contributed by atoms with Crippen molar-refractivity contribution in [1.29, 1.82) is 0 Å². The summed E-state index contributed by atoms with van der Waals surface area (Å²) in [7, 11) is 0. The fourth-order valence-corrected chi connectivity index (χ4v) is 3.15. The highest BCUT2D eigenvalue weighted by Gasteiger charge is 2.27. The molecule has 2 aromatic rings. The number of rotatable bonds is 6. The fourth-order valence-electron chi connectivity index (χ4n) is 3.15. The smallest absolute Gasteiger partial charge is 0.143 e. The summed E-state index contributed by atoms with van der Waals surface area (Å²) in [6.07, 6.45) is 7.66. The molecule has 1 atom stereocenters. The lowest BCUT2D eigenvalue weighted by molar-refractivity contribution is -0.122. The van der Waals surface area contributed by atoms with Crippen molar-refractivity contribution in [2.24, 2.45) is 11.0 Å². The van der Waals surface area contributed by atoms with E-state index in [1.54, 1.807) is 6.20 Å². The summed E-state index contributed by atoms with van der Waals surface area (Å²) in [6.45, 7) is 7.11. The monoisotopic (exact) mass is 336 g/mol. The number of aromatic nitrogens is 2. The number of Topliss-reactive ketones (excluding diaryl/α,β-unsaturated/α-hetero) is 1. The zero-order valence-corrected chi connectivity index (χ0v) is 14.6. The summed E-state index contributed by atoms with van der Waals surface area (Å²) in [5.41, 5.74) is 1.97. The van der Waals surface area contributed by atoms with Crippen molar-refractivity contribution in [3.8, 4) is 0 Å². The van der Waals surface area contributed by atoms with E-state index in [1.165, 1.54) is 0 Å². The Morgan fingerprint density at radius 1 is 1.40 bits per heavy atom. The van der Waals surface area contributed by atoms with Crippen LogP contribution in [0.5, 0.6) is 0 Å². The lowest BCUT2D eigenvalue weighted by Crippen LogP contribution is -2.30. The van der Waals surface area contributed by atoms with Crippen molar-refractivity contribution >= 4 is 17.2 Å². The highest BCUT2D eigenvalue weighted by molar-refractivity contribution is 6.05. The van der Waals surface area contributed by atoms with Crippen LogP contribution in [0, 0.1) is 12.8 Å². The molecule has 1 aliphatic rings. The average Bonchev–Trinajstić information content (AvgIpc) is 3.02. The minimum Gasteiger partial charge on any atom is -0.334 e. The second kappa shape index (κ2) is 7.92. The Kier molecular flexibility index (Phi) is 5.43. The molecule has 3 rings (SSSR count). The van der Waals surface area contributed by atoms with Gasteiger partial charge in [0.25, 0.3) is 0 Å². The number of nitrogens with zero attached hydrogens (tertiary/aromatic N) is 4. The first-order chi connectivity index (χ1) is 12.2. The molecule has 0 aliphatic heterocycles. The quantitative estimate of drug-likeness (QED) is 0.598. The predicted octanol–water partition coefficient (Wildman–Crippen LogP) is 3.61. The highest BCUT2D eigenvalue weighted by Crippen LogP contribution is 2.23. The van der Waals surface area contributed by atoms with Gasteiger partial charge in [0.2, 0.25) is 0 Å². The fraction of sp³-hybridized carbons (Fsp3) is 0.350. The van der Waals surface area contributed by atoms with Gasteiger partial charge in [0.15, 0.2) is 0 Å². The van der Waals surface area contributed by atoms with Gasteiger partial charge < -0.3 is 4.57 Å². The van der Waals surface area contributed by atoms with Gasteiger partial charge in [0.1, 0.15) is 11.6 Å². The van der Waals surface area contributed by atoms with Gasteiger partial charge >= 0.3 is 0 Å². The van der Waals surface area contributed by atoms with Crippen molar-refractivity contribution in [2.45, 2.75) is 32.7 Å². The molecule has 1 aliphatic carbocycles. The minimum absolute atomic E-state index is 0.0522. The van der Waals surface area contributed by atoms with E-state index < -0.39 is 0 Å². The number of para-hydroxylation sites is 1. The van der Waals surface area contributed by atoms with Gasteiger partial charge in [-0.1, -0.05) is 24.3 Å². The molecule has 5 heteroatoms. The van der Waals surface area contributed by atoms with Crippen LogP contribution in [0.3, 0.4) is 0 Å². The molecule has 1 aromatic carbocycles. The van der Waals surface area contributed by atoms with Crippen LogP contribution in [0.15, 0.2) is 60.5 Å². The van der Waals surface area contributed by atoms with Crippen LogP contribution in [0.2, 0.25) is 0 Å². The third-order valence-electron chi connectivity index (χ3n) is 4.57. The number of imidazole rings is 1. The Morgan fingerprint density at radius 2 is 2.20 bits per heavy atom. The van der Waals surface area contributed by atoms with Gasteiger partial charge in [0, 0.05) is 37.0 Å². The second-order valence-corrected chi connectivity index (χ2v) is 6.38. The summed E-state index contributed by atoms with van der Waals surface area (Å²) >= 11 is 0. The summed E-state index contributed by atoms with van der Waals surface area (Å²) in [6, 6.07) is 9.99. The molecular weight excluding hydrogens is 312 g/mol. The Balaban J connectivity index is 1.68. The molecule has 1 fully saturated rings. The highest BCUT2D eigenvalue weighted by atomic mass is 16.1. The maximum Gasteiger partial charge on any atom is 0.143 e. The molecule has 130 valence electrons. The van der Waals surface area contributed by atoms with Gasteiger partial charge in [-0.05, 0) is 31.9 Å². The zero-order chi connectivity index (χ0) is 17.6. The van der Waals surface area contributed by atoms with E-state index in [4.69, 9.17) is 5.10 Å². The molecular formula is C20H24N4O. The Hall–Kier alpha value is -2.69. The molecule has 1 unspecified atom stereocenters. The van der Waals surface area contributed by atoms with E-state index in [0.29, 0.717) is 19.5 Å². The first kappa shape index (κ1) is 17.1. The van der Waals surface area contributed by atoms with E-state index >= 15 is 0 Å². The number of aryl methyl sites for hydroxylation is 1. The topological polar surface area (TPSA) is 50.5 Å². The average molecular weight is 336 g/mol. The van der Waals surface area contributed by atoms with Crippen LogP contribution in [-0.2, 0) is 11.3 Å². The number of anilines is 1. The van der Waals surface area contributed by atoms with E-state index in [1.807, 2.05) is 54.5 Å². The summed E-state index contributed by atoms with van der Waals surface area (Å²) in [5, 5.41) is 6.65. The molecule has 0 saturated heterocycles. The Morgan fingerprint density at radius 3 is 2.84 bits per heavy atom. The van der Waals surface area contributed by atoms with Gasteiger partial charge in [-0.15, -0.1) is 6.58 Å². The van der Waals surface area contributed by atoms with Crippen molar-refractivity contribution in [2.75, 3.05) is 11.6 Å². The number of benzene rings is 1. The van der Waals surface area contributed by atoms with E-state index in [9.17, 15) is 4.79 Å². The van der Waals surface area contributed by atoms with Crippen LogP contribution in [0.4, 0.5) is 5.69 Å². The Labute approximate surface area is 148 Å². The minimum atomic E-state index is 0.0522. The maximum atomic E-state index is 12.6. The van der Waals surface area contributed by atoms with Crippen LogP contribution in [0.25, 0.3) is 0 Å². The second-order valence-electron chi connectivity index (χ2n) is 6.38. The molecule has 0 amide bonds. The van der Waals surface area contributed by atoms with E-state index in [0.717, 1.165) is 30.1 Å². The van der Waals surface area contributed by atoms with Crippen LogP contribution in [0.1, 0.15) is 25.1 Å². The number of hydrazone groups is 1. The van der Waals surface area contributed by atoms with E-state index in [-0.39, 0.29) is 11.7 Å². The largest absolute Gasteiger partial charge is 0.334 e. The number of hydrogen-bond acceptors (Lipinski definition) is 4. The van der Waals surface area contributed by atoms with Crippen molar-refractivity contribution in [1.82, 2.24) is 9.55 Å². The molecule has 0 radical (unpaired) electrons.